The predicted molar refractivity (Wildman–Crippen MR) is 82.8 cm³/mol. The predicted octanol–water partition coefficient (Wildman–Crippen LogP) is 3.17. The first-order valence-corrected chi connectivity index (χ1v) is 7.74. The maximum Gasteiger partial charge on any atom is 0.323 e. The molecule has 0 aliphatic carbocycles. The summed E-state index contributed by atoms with van der Waals surface area (Å²) in [6.45, 7) is 3.14. The molecule has 0 aromatic heterocycles. The van der Waals surface area contributed by atoms with E-state index in [-0.39, 0.29) is 17.7 Å². The van der Waals surface area contributed by atoms with Crippen molar-refractivity contribution in [1.29, 1.82) is 0 Å². The van der Waals surface area contributed by atoms with E-state index in [2.05, 4.69) is 0 Å². The number of ether oxygens (including phenoxy) is 1. The van der Waals surface area contributed by atoms with Gasteiger partial charge in [-0.15, -0.1) is 0 Å². The second kappa shape index (κ2) is 7.56. The molecule has 0 N–H and O–H groups in total. The van der Waals surface area contributed by atoms with E-state index in [0.717, 1.165) is 12.8 Å². The third-order valence-electron chi connectivity index (χ3n) is 3.78. The lowest BCUT2D eigenvalue weighted by Crippen LogP contribution is -2.45. The number of piperidine rings is 1. The average Bonchev–Trinajstić information content (AvgIpc) is 2.47. The van der Waals surface area contributed by atoms with Gasteiger partial charge in [0.25, 0.3) is 5.69 Å². The molecule has 0 saturated carbocycles. The zero-order chi connectivity index (χ0) is 16.1. The molecular weight excluding hydrogens is 308 g/mol. The number of likely N-dealkylation sites (tertiary alicyclic amines) is 1. The Labute approximate surface area is 134 Å². The highest BCUT2D eigenvalue weighted by molar-refractivity contribution is 6.30. The summed E-state index contributed by atoms with van der Waals surface area (Å²) in [6.07, 6.45) is 2.63. The van der Waals surface area contributed by atoms with Gasteiger partial charge in [-0.05, 0) is 38.4 Å². The molecule has 1 aliphatic rings. The minimum atomic E-state index is -0.422. The summed E-state index contributed by atoms with van der Waals surface area (Å²) in [6, 6.07) is 4.16. The minimum Gasteiger partial charge on any atom is -0.465 e. The molecule has 1 aromatic rings. The summed E-state index contributed by atoms with van der Waals surface area (Å²) < 4.78 is 5.11. The number of carbonyl (C=O) groups excluding carboxylic acids is 1. The Kier molecular flexibility index (Phi) is 5.74. The Morgan fingerprint density at radius 1 is 1.50 bits per heavy atom. The van der Waals surface area contributed by atoms with Gasteiger partial charge < -0.3 is 4.74 Å². The van der Waals surface area contributed by atoms with Crippen LogP contribution < -0.4 is 0 Å². The maximum atomic E-state index is 12.1. The first-order valence-electron chi connectivity index (χ1n) is 7.36. The Balaban J connectivity index is 2.21. The maximum absolute atomic E-state index is 12.1. The quantitative estimate of drug-likeness (QED) is 0.472. The van der Waals surface area contributed by atoms with Gasteiger partial charge in [0.05, 0.1) is 11.5 Å². The molecule has 0 amide bonds. The second-order valence-electron chi connectivity index (χ2n) is 5.26. The largest absolute Gasteiger partial charge is 0.465 e. The number of carbonyl (C=O) groups is 1. The van der Waals surface area contributed by atoms with Crippen molar-refractivity contribution in [3.8, 4) is 0 Å². The van der Waals surface area contributed by atoms with Crippen molar-refractivity contribution in [2.45, 2.75) is 38.8 Å². The lowest BCUT2D eigenvalue weighted by Gasteiger charge is -2.33. The Bertz CT molecular complexity index is 564. The van der Waals surface area contributed by atoms with Crippen LogP contribution in [0.25, 0.3) is 0 Å². The fourth-order valence-electron chi connectivity index (χ4n) is 2.76. The van der Waals surface area contributed by atoms with Crippen molar-refractivity contribution in [2.24, 2.45) is 0 Å². The molecule has 7 heteroatoms. The molecule has 0 spiro atoms. The van der Waals surface area contributed by atoms with Crippen molar-refractivity contribution in [3.63, 3.8) is 0 Å². The van der Waals surface area contributed by atoms with Gasteiger partial charge in [0.1, 0.15) is 6.04 Å². The first kappa shape index (κ1) is 16.7. The van der Waals surface area contributed by atoms with Gasteiger partial charge in [0.2, 0.25) is 0 Å². The van der Waals surface area contributed by atoms with Crippen LogP contribution in [-0.4, -0.2) is 35.0 Å². The summed E-state index contributed by atoms with van der Waals surface area (Å²) in [5, 5.41) is 11.6. The monoisotopic (exact) mass is 326 g/mol. The van der Waals surface area contributed by atoms with Crippen LogP contribution >= 0.6 is 11.6 Å². The van der Waals surface area contributed by atoms with E-state index >= 15 is 0 Å². The fourth-order valence-corrected chi connectivity index (χ4v) is 2.96. The number of esters is 1. The van der Waals surface area contributed by atoms with Crippen molar-refractivity contribution >= 4 is 23.3 Å². The van der Waals surface area contributed by atoms with Crippen LogP contribution in [-0.2, 0) is 16.1 Å². The molecule has 0 radical (unpaired) electrons. The van der Waals surface area contributed by atoms with Crippen LogP contribution in [0.1, 0.15) is 31.7 Å². The highest BCUT2D eigenvalue weighted by Gasteiger charge is 2.31. The standard InChI is InChI=1S/C15H19ClN2O4/c1-2-22-15(19)14-5-3-4-8-17(14)10-11-9-12(16)6-7-13(11)18(20)21/h6-7,9,14H,2-5,8,10H2,1H3/t14-/m0/s1. The molecule has 1 heterocycles. The number of hydrogen-bond acceptors (Lipinski definition) is 5. The summed E-state index contributed by atoms with van der Waals surface area (Å²) in [5.41, 5.74) is 0.547. The number of nitro groups is 1. The van der Waals surface area contributed by atoms with Crippen molar-refractivity contribution in [3.05, 3.63) is 38.9 Å². The van der Waals surface area contributed by atoms with Gasteiger partial charge in [-0.25, -0.2) is 0 Å². The van der Waals surface area contributed by atoms with Gasteiger partial charge in [0.15, 0.2) is 0 Å². The van der Waals surface area contributed by atoms with Crippen molar-refractivity contribution in [2.75, 3.05) is 13.2 Å². The molecule has 1 saturated heterocycles. The molecule has 1 aromatic carbocycles. The van der Waals surface area contributed by atoms with E-state index in [1.54, 1.807) is 13.0 Å². The third-order valence-corrected chi connectivity index (χ3v) is 4.02. The van der Waals surface area contributed by atoms with E-state index in [1.165, 1.54) is 12.1 Å². The molecule has 1 aliphatic heterocycles. The van der Waals surface area contributed by atoms with Crippen LogP contribution in [0.5, 0.6) is 0 Å². The number of nitro benzene ring substituents is 1. The van der Waals surface area contributed by atoms with Crippen LogP contribution in [0.15, 0.2) is 18.2 Å². The minimum absolute atomic E-state index is 0.0255. The zero-order valence-electron chi connectivity index (χ0n) is 12.5. The number of halogens is 1. The molecule has 120 valence electrons. The van der Waals surface area contributed by atoms with Gasteiger partial charge in [-0.3, -0.25) is 19.8 Å². The van der Waals surface area contributed by atoms with Crippen LogP contribution in [0.4, 0.5) is 5.69 Å². The van der Waals surface area contributed by atoms with E-state index < -0.39 is 4.92 Å². The lowest BCUT2D eigenvalue weighted by atomic mass is 10.0. The van der Waals surface area contributed by atoms with E-state index in [1.807, 2.05) is 4.90 Å². The van der Waals surface area contributed by atoms with Crippen LogP contribution in [0, 0.1) is 10.1 Å². The first-order chi connectivity index (χ1) is 10.5. The molecule has 6 nitrogen and oxygen atoms in total. The highest BCUT2D eigenvalue weighted by atomic mass is 35.5. The number of nitrogens with zero attached hydrogens (tertiary/aromatic N) is 2. The third kappa shape index (κ3) is 3.96. The van der Waals surface area contributed by atoms with E-state index in [9.17, 15) is 14.9 Å². The molecule has 2 rings (SSSR count). The molecule has 22 heavy (non-hydrogen) atoms. The summed E-state index contributed by atoms with van der Waals surface area (Å²) >= 11 is 5.96. The Hall–Kier alpha value is -1.66. The Morgan fingerprint density at radius 3 is 2.95 bits per heavy atom. The SMILES string of the molecule is CCOC(=O)[C@@H]1CCCCN1Cc1cc(Cl)ccc1[N+](=O)[O-]. The normalized spacial score (nSPS) is 18.9. The van der Waals surface area contributed by atoms with Gasteiger partial charge in [0, 0.05) is 23.2 Å². The highest BCUT2D eigenvalue weighted by Crippen LogP contribution is 2.27. The van der Waals surface area contributed by atoms with Gasteiger partial charge in [-0.1, -0.05) is 18.0 Å². The number of hydrogen-bond donors (Lipinski definition) is 0. The molecule has 1 atom stereocenters. The second-order valence-corrected chi connectivity index (χ2v) is 5.70. The Morgan fingerprint density at radius 2 is 2.27 bits per heavy atom. The van der Waals surface area contributed by atoms with Crippen molar-refractivity contribution < 1.29 is 14.5 Å². The lowest BCUT2D eigenvalue weighted by molar-refractivity contribution is -0.385. The topological polar surface area (TPSA) is 72.7 Å². The molecule has 0 bridgehead atoms. The van der Waals surface area contributed by atoms with E-state index in [4.69, 9.17) is 16.3 Å². The average molecular weight is 327 g/mol. The number of benzene rings is 1. The fraction of sp³-hybridized carbons (Fsp3) is 0.533. The van der Waals surface area contributed by atoms with Crippen LogP contribution in [0.3, 0.4) is 0 Å². The zero-order valence-corrected chi connectivity index (χ0v) is 13.2. The summed E-state index contributed by atoms with van der Waals surface area (Å²) in [7, 11) is 0. The van der Waals surface area contributed by atoms with Gasteiger partial charge in [-0.2, -0.15) is 0 Å². The smallest absolute Gasteiger partial charge is 0.323 e. The molecule has 1 fully saturated rings. The molecular formula is C15H19ClN2O4. The van der Waals surface area contributed by atoms with E-state index in [0.29, 0.717) is 36.7 Å². The molecule has 0 unspecified atom stereocenters. The van der Waals surface area contributed by atoms with Crippen LogP contribution in [0.2, 0.25) is 5.02 Å². The summed E-state index contributed by atoms with van der Waals surface area (Å²) in [4.78, 5) is 24.7. The van der Waals surface area contributed by atoms with Crippen molar-refractivity contribution in [1.82, 2.24) is 4.90 Å². The van der Waals surface area contributed by atoms with Gasteiger partial charge >= 0.3 is 5.97 Å². The number of rotatable bonds is 5. The summed E-state index contributed by atoms with van der Waals surface area (Å²) in [5.74, 6) is -0.258.